The number of hydrogen-bond donors (Lipinski definition) is 1. The Labute approximate surface area is 231 Å². The number of likely N-dealkylation sites (tertiary alicyclic amines) is 1. The number of benzene rings is 2. The Morgan fingerprint density at radius 1 is 1.08 bits per heavy atom. The molecule has 0 unspecified atom stereocenters. The number of amides is 1. The van der Waals surface area contributed by atoms with E-state index in [1.165, 1.54) is 43.3 Å². The number of carbonyl (C=O) groups is 1. The molecule has 0 bridgehead atoms. The molecular formula is C31H41N5O3. The highest BCUT2D eigenvalue weighted by Crippen LogP contribution is 2.28. The van der Waals surface area contributed by atoms with Crippen molar-refractivity contribution in [3.8, 4) is 17.1 Å². The number of piperidine rings is 2. The third-order valence-electron chi connectivity index (χ3n) is 7.87. The maximum absolute atomic E-state index is 13.9. The molecule has 2 aromatic carbocycles. The largest absolute Gasteiger partial charge is 0.497 e. The third kappa shape index (κ3) is 6.44. The van der Waals surface area contributed by atoms with Gasteiger partial charge >= 0.3 is 0 Å². The monoisotopic (exact) mass is 531 g/mol. The lowest BCUT2D eigenvalue weighted by molar-refractivity contribution is -0.122. The normalized spacial score (nSPS) is 18.5. The van der Waals surface area contributed by atoms with Crippen molar-refractivity contribution in [2.24, 2.45) is 5.92 Å². The smallest absolute Gasteiger partial charge is 0.262 e. The van der Waals surface area contributed by atoms with Crippen LogP contribution in [0.2, 0.25) is 0 Å². The number of methoxy groups -OCH3 is 1. The van der Waals surface area contributed by atoms with Gasteiger partial charge in [-0.05, 0) is 88.9 Å². The van der Waals surface area contributed by atoms with Crippen molar-refractivity contribution in [1.82, 2.24) is 19.8 Å². The molecule has 2 aliphatic rings. The number of fused-ring (bicyclic) bond motifs is 1. The average Bonchev–Trinajstić information content (AvgIpc) is 2.94. The molecule has 0 aliphatic carbocycles. The second-order valence-electron chi connectivity index (χ2n) is 11.3. The van der Waals surface area contributed by atoms with Gasteiger partial charge in [-0.1, -0.05) is 18.6 Å². The number of anilines is 1. The van der Waals surface area contributed by atoms with Gasteiger partial charge in [0, 0.05) is 36.9 Å². The zero-order valence-electron chi connectivity index (χ0n) is 23.5. The van der Waals surface area contributed by atoms with Crippen LogP contribution in [0.3, 0.4) is 0 Å². The fraction of sp³-hybridized carbons (Fsp3) is 0.516. The van der Waals surface area contributed by atoms with Crippen molar-refractivity contribution in [2.75, 3.05) is 44.7 Å². The van der Waals surface area contributed by atoms with E-state index in [0.29, 0.717) is 28.4 Å². The van der Waals surface area contributed by atoms with E-state index in [1.807, 2.05) is 50.2 Å². The fourth-order valence-corrected chi connectivity index (χ4v) is 6.00. The minimum Gasteiger partial charge on any atom is -0.497 e. The Morgan fingerprint density at radius 3 is 2.67 bits per heavy atom. The first-order valence-electron chi connectivity index (χ1n) is 14.4. The molecule has 3 aromatic rings. The number of ether oxygens (including phenoxy) is 1. The zero-order valence-corrected chi connectivity index (χ0v) is 23.5. The van der Waals surface area contributed by atoms with Crippen LogP contribution in [0.15, 0.2) is 47.3 Å². The summed E-state index contributed by atoms with van der Waals surface area (Å²) >= 11 is 0. The first-order valence-corrected chi connectivity index (χ1v) is 14.4. The van der Waals surface area contributed by atoms with Gasteiger partial charge < -0.3 is 19.9 Å². The summed E-state index contributed by atoms with van der Waals surface area (Å²) in [5.74, 6) is 1.54. The molecule has 39 heavy (non-hydrogen) atoms. The summed E-state index contributed by atoms with van der Waals surface area (Å²) in [5.41, 5.74) is 2.20. The Kier molecular flexibility index (Phi) is 8.50. The molecule has 0 radical (unpaired) electrons. The highest BCUT2D eigenvalue weighted by atomic mass is 16.5. The van der Waals surface area contributed by atoms with Crippen LogP contribution < -0.4 is 20.5 Å². The van der Waals surface area contributed by atoms with Gasteiger partial charge in [0.2, 0.25) is 5.91 Å². The Hall–Kier alpha value is -3.39. The lowest BCUT2D eigenvalue weighted by Gasteiger charge is -2.38. The number of nitrogens with zero attached hydrogens (tertiary/aromatic N) is 4. The van der Waals surface area contributed by atoms with Crippen LogP contribution in [-0.4, -0.2) is 66.2 Å². The summed E-state index contributed by atoms with van der Waals surface area (Å²) < 4.78 is 6.90. The number of hydrogen-bond acceptors (Lipinski definition) is 6. The van der Waals surface area contributed by atoms with E-state index in [1.54, 1.807) is 7.11 Å². The van der Waals surface area contributed by atoms with Crippen LogP contribution in [0.5, 0.6) is 5.75 Å². The van der Waals surface area contributed by atoms with Crippen LogP contribution in [0, 0.1) is 5.92 Å². The molecule has 1 N–H and O–H groups in total. The van der Waals surface area contributed by atoms with Gasteiger partial charge in [0.05, 0.1) is 18.0 Å². The number of aromatic nitrogens is 2. The third-order valence-corrected chi connectivity index (χ3v) is 7.87. The summed E-state index contributed by atoms with van der Waals surface area (Å²) in [7, 11) is 1.61. The lowest BCUT2D eigenvalue weighted by atomic mass is 9.96. The van der Waals surface area contributed by atoms with E-state index >= 15 is 0 Å². The first-order chi connectivity index (χ1) is 18.9. The van der Waals surface area contributed by atoms with Crippen LogP contribution in [0.1, 0.15) is 46.0 Å². The quantitative estimate of drug-likeness (QED) is 0.467. The van der Waals surface area contributed by atoms with Crippen LogP contribution in [0.25, 0.3) is 22.3 Å². The molecule has 2 fully saturated rings. The molecule has 208 valence electrons. The van der Waals surface area contributed by atoms with Crippen LogP contribution >= 0.6 is 0 Å². The maximum Gasteiger partial charge on any atom is 0.262 e. The number of nitrogens with one attached hydrogen (secondary N) is 1. The van der Waals surface area contributed by atoms with Gasteiger partial charge in [-0.3, -0.25) is 14.2 Å². The molecule has 2 saturated heterocycles. The minimum atomic E-state index is -0.217. The molecule has 1 atom stereocenters. The summed E-state index contributed by atoms with van der Waals surface area (Å²) in [4.78, 5) is 36.7. The summed E-state index contributed by atoms with van der Waals surface area (Å²) in [5, 5.41) is 3.44. The summed E-state index contributed by atoms with van der Waals surface area (Å²) in [6.07, 6.45) is 6.39. The van der Waals surface area contributed by atoms with Gasteiger partial charge in [-0.2, -0.15) is 0 Å². The molecular weight excluding hydrogens is 490 g/mol. The van der Waals surface area contributed by atoms with Crippen molar-refractivity contribution in [1.29, 1.82) is 0 Å². The van der Waals surface area contributed by atoms with E-state index in [2.05, 4.69) is 21.2 Å². The molecule has 8 nitrogen and oxygen atoms in total. The second kappa shape index (κ2) is 12.2. The average molecular weight is 532 g/mol. The highest BCUT2D eigenvalue weighted by molar-refractivity contribution is 5.84. The van der Waals surface area contributed by atoms with Crippen molar-refractivity contribution in [3.05, 3.63) is 52.8 Å². The lowest BCUT2D eigenvalue weighted by Crippen LogP contribution is -2.42. The summed E-state index contributed by atoms with van der Waals surface area (Å²) in [6.45, 7) is 9.31. The molecule has 2 aliphatic heterocycles. The van der Waals surface area contributed by atoms with Gasteiger partial charge in [-0.15, -0.1) is 0 Å². The maximum atomic E-state index is 13.9. The Bertz CT molecular complexity index is 1360. The standard InChI is InChI=1S/C31H41N5O3/c1-22(2)32-29(37)21-36-30(24-10-7-11-26(17-24)39-3)33-28-13-12-25(18-27(28)31(36)38)35-16-8-9-23(20-35)19-34-14-5-4-6-15-34/h7,10-13,17-18,22-23H,4-6,8-9,14-16,19-21H2,1-3H3,(H,32,37)/t23-/m0/s1. The molecule has 3 heterocycles. The minimum absolute atomic E-state index is 0.0227. The van der Waals surface area contributed by atoms with E-state index in [0.717, 1.165) is 37.3 Å². The van der Waals surface area contributed by atoms with Crippen molar-refractivity contribution in [3.63, 3.8) is 0 Å². The van der Waals surface area contributed by atoms with Gasteiger partial charge in [0.15, 0.2) is 0 Å². The van der Waals surface area contributed by atoms with Gasteiger partial charge in [0.1, 0.15) is 18.1 Å². The number of rotatable bonds is 8. The number of carbonyl (C=O) groups excluding carboxylic acids is 1. The van der Waals surface area contributed by atoms with Crippen LogP contribution in [-0.2, 0) is 11.3 Å². The van der Waals surface area contributed by atoms with Crippen molar-refractivity contribution in [2.45, 2.75) is 58.5 Å². The van der Waals surface area contributed by atoms with E-state index in [9.17, 15) is 9.59 Å². The molecule has 1 aromatic heterocycles. The zero-order chi connectivity index (χ0) is 27.4. The highest BCUT2D eigenvalue weighted by Gasteiger charge is 2.24. The molecule has 0 spiro atoms. The van der Waals surface area contributed by atoms with E-state index in [4.69, 9.17) is 9.72 Å². The molecule has 0 saturated carbocycles. The predicted molar refractivity (Wildman–Crippen MR) is 156 cm³/mol. The van der Waals surface area contributed by atoms with Crippen molar-refractivity contribution >= 4 is 22.5 Å². The first kappa shape index (κ1) is 27.2. The fourth-order valence-electron chi connectivity index (χ4n) is 6.00. The SMILES string of the molecule is COc1cccc(-c2nc3ccc(N4CCC[C@@H](CN5CCCCC5)C4)cc3c(=O)n2CC(=O)NC(C)C)c1. The van der Waals surface area contributed by atoms with Crippen molar-refractivity contribution < 1.29 is 9.53 Å². The Morgan fingerprint density at radius 2 is 1.90 bits per heavy atom. The van der Waals surface area contributed by atoms with Gasteiger partial charge in [0.25, 0.3) is 5.56 Å². The topological polar surface area (TPSA) is 79.7 Å². The Balaban J connectivity index is 1.48. The molecule has 1 amide bonds. The van der Waals surface area contributed by atoms with E-state index in [-0.39, 0.29) is 24.1 Å². The molecule has 8 heteroatoms. The van der Waals surface area contributed by atoms with E-state index < -0.39 is 0 Å². The van der Waals surface area contributed by atoms with Gasteiger partial charge in [-0.25, -0.2) is 4.98 Å². The summed E-state index contributed by atoms with van der Waals surface area (Å²) in [6, 6.07) is 13.4. The predicted octanol–water partition coefficient (Wildman–Crippen LogP) is 4.30. The van der Waals surface area contributed by atoms with Crippen LogP contribution in [0.4, 0.5) is 5.69 Å². The molecule has 5 rings (SSSR count). The second-order valence-corrected chi connectivity index (χ2v) is 11.3.